The van der Waals surface area contributed by atoms with Crippen LogP contribution in [0.3, 0.4) is 0 Å². The smallest absolute Gasteiger partial charge is 0.265 e. The number of anilines is 2. The fraction of sp³-hybridized carbons (Fsp3) is 0.263. The van der Waals surface area contributed by atoms with Crippen LogP contribution in [0.1, 0.15) is 19.4 Å². The molecule has 132 valence electrons. The molecule has 0 saturated heterocycles. The van der Waals surface area contributed by atoms with Crippen molar-refractivity contribution < 1.29 is 19.1 Å². The number of amides is 2. The van der Waals surface area contributed by atoms with Gasteiger partial charge in [0.05, 0.1) is 12.8 Å². The van der Waals surface area contributed by atoms with Crippen LogP contribution in [0.5, 0.6) is 11.5 Å². The van der Waals surface area contributed by atoms with Crippen molar-refractivity contribution >= 4 is 23.2 Å². The molecule has 1 unspecified atom stereocenters. The highest BCUT2D eigenvalue weighted by atomic mass is 16.5. The number of carbonyl (C=O) groups is 2. The number of hydrogen-bond donors (Lipinski definition) is 2. The Hall–Kier alpha value is -3.02. The lowest BCUT2D eigenvalue weighted by atomic mass is 10.2. The van der Waals surface area contributed by atoms with Gasteiger partial charge in [-0.05, 0) is 55.8 Å². The zero-order chi connectivity index (χ0) is 18.4. The Bertz CT molecular complexity index is 757. The first-order chi connectivity index (χ1) is 11.9. The van der Waals surface area contributed by atoms with Crippen molar-refractivity contribution in [3.63, 3.8) is 0 Å². The molecule has 2 aromatic rings. The lowest BCUT2D eigenvalue weighted by Crippen LogP contribution is -2.30. The molecule has 0 aliphatic rings. The minimum atomic E-state index is -0.697. The average Bonchev–Trinajstić information content (AvgIpc) is 2.56. The average molecular weight is 342 g/mol. The van der Waals surface area contributed by atoms with Crippen LogP contribution in [0, 0.1) is 6.92 Å². The van der Waals surface area contributed by atoms with E-state index < -0.39 is 6.10 Å². The van der Waals surface area contributed by atoms with Crippen LogP contribution in [-0.2, 0) is 9.59 Å². The molecule has 6 heteroatoms. The maximum absolute atomic E-state index is 12.4. The molecule has 2 rings (SSSR count). The Morgan fingerprint density at radius 2 is 1.72 bits per heavy atom. The molecule has 0 heterocycles. The first-order valence-corrected chi connectivity index (χ1v) is 7.89. The van der Waals surface area contributed by atoms with Crippen LogP contribution in [0.15, 0.2) is 42.5 Å². The predicted octanol–water partition coefficient (Wildman–Crippen LogP) is 3.37. The Morgan fingerprint density at radius 3 is 2.32 bits per heavy atom. The second kappa shape index (κ2) is 8.19. The fourth-order valence-corrected chi connectivity index (χ4v) is 2.23. The number of hydrogen-bond acceptors (Lipinski definition) is 4. The van der Waals surface area contributed by atoms with Crippen molar-refractivity contribution in [1.82, 2.24) is 0 Å². The summed E-state index contributed by atoms with van der Waals surface area (Å²) in [5.41, 5.74) is 2.28. The summed E-state index contributed by atoms with van der Waals surface area (Å²) in [6.07, 6.45) is -0.697. The van der Waals surface area contributed by atoms with Crippen molar-refractivity contribution in [2.24, 2.45) is 0 Å². The molecular weight excluding hydrogens is 320 g/mol. The maximum atomic E-state index is 12.4. The number of aryl methyl sites for hydroxylation is 1. The zero-order valence-electron chi connectivity index (χ0n) is 14.8. The van der Waals surface area contributed by atoms with E-state index in [-0.39, 0.29) is 11.8 Å². The summed E-state index contributed by atoms with van der Waals surface area (Å²) in [6.45, 7) is 5.04. The van der Waals surface area contributed by atoms with Crippen LogP contribution < -0.4 is 20.1 Å². The number of nitrogens with one attached hydrogen (secondary N) is 2. The van der Waals surface area contributed by atoms with E-state index in [9.17, 15) is 9.59 Å². The fourth-order valence-electron chi connectivity index (χ4n) is 2.23. The third-order valence-corrected chi connectivity index (χ3v) is 3.47. The molecule has 0 radical (unpaired) electrons. The van der Waals surface area contributed by atoms with Crippen LogP contribution in [0.25, 0.3) is 0 Å². The van der Waals surface area contributed by atoms with Gasteiger partial charge in [0.2, 0.25) is 5.91 Å². The van der Waals surface area contributed by atoms with Gasteiger partial charge in [-0.3, -0.25) is 9.59 Å². The van der Waals surface area contributed by atoms with Gasteiger partial charge in [0.15, 0.2) is 6.10 Å². The summed E-state index contributed by atoms with van der Waals surface area (Å²) in [7, 11) is 1.55. The van der Waals surface area contributed by atoms with E-state index >= 15 is 0 Å². The van der Waals surface area contributed by atoms with Crippen LogP contribution in [-0.4, -0.2) is 25.0 Å². The van der Waals surface area contributed by atoms with E-state index in [0.29, 0.717) is 22.9 Å². The molecule has 6 nitrogen and oxygen atoms in total. The number of benzene rings is 2. The number of rotatable bonds is 6. The van der Waals surface area contributed by atoms with Crippen LogP contribution >= 0.6 is 0 Å². The van der Waals surface area contributed by atoms with E-state index in [0.717, 1.165) is 5.56 Å². The quantitative estimate of drug-likeness (QED) is 0.844. The number of ether oxygens (including phenoxy) is 2. The van der Waals surface area contributed by atoms with Gasteiger partial charge in [0.25, 0.3) is 5.91 Å². The van der Waals surface area contributed by atoms with Gasteiger partial charge in [-0.15, -0.1) is 0 Å². The van der Waals surface area contributed by atoms with Crippen molar-refractivity contribution in [2.75, 3.05) is 17.7 Å². The van der Waals surface area contributed by atoms with Gasteiger partial charge in [-0.2, -0.15) is 0 Å². The SMILES string of the molecule is COc1ccc(C)cc1NC(=O)C(C)Oc1ccc(NC(C)=O)cc1. The van der Waals surface area contributed by atoms with Crippen LogP contribution in [0.2, 0.25) is 0 Å². The number of methoxy groups -OCH3 is 1. The third-order valence-electron chi connectivity index (χ3n) is 3.47. The van der Waals surface area contributed by atoms with Crippen molar-refractivity contribution in [1.29, 1.82) is 0 Å². The van der Waals surface area contributed by atoms with Gasteiger partial charge in [0, 0.05) is 12.6 Å². The molecule has 1 atom stereocenters. The van der Waals surface area contributed by atoms with E-state index in [4.69, 9.17) is 9.47 Å². The lowest BCUT2D eigenvalue weighted by molar-refractivity contribution is -0.122. The lowest BCUT2D eigenvalue weighted by Gasteiger charge is -2.16. The van der Waals surface area contributed by atoms with Gasteiger partial charge in [-0.1, -0.05) is 6.07 Å². The summed E-state index contributed by atoms with van der Waals surface area (Å²) in [5.74, 6) is 0.696. The van der Waals surface area contributed by atoms with Crippen molar-refractivity contribution in [3.05, 3.63) is 48.0 Å². The van der Waals surface area contributed by atoms with Crippen LogP contribution in [0.4, 0.5) is 11.4 Å². The molecule has 0 saturated carbocycles. The van der Waals surface area contributed by atoms with E-state index in [1.54, 1.807) is 44.4 Å². The molecule has 0 aliphatic carbocycles. The van der Waals surface area contributed by atoms with Crippen molar-refractivity contribution in [2.45, 2.75) is 26.9 Å². The Labute approximate surface area is 147 Å². The largest absolute Gasteiger partial charge is 0.495 e. The second-order valence-corrected chi connectivity index (χ2v) is 5.66. The summed E-state index contributed by atoms with van der Waals surface area (Å²) in [4.78, 5) is 23.4. The predicted molar refractivity (Wildman–Crippen MR) is 97.2 cm³/mol. The highest BCUT2D eigenvalue weighted by Crippen LogP contribution is 2.25. The Kier molecular flexibility index (Phi) is 6.00. The van der Waals surface area contributed by atoms with E-state index in [1.807, 2.05) is 19.1 Å². The monoisotopic (exact) mass is 342 g/mol. The number of carbonyl (C=O) groups excluding carboxylic acids is 2. The summed E-state index contributed by atoms with van der Waals surface area (Å²) in [6, 6.07) is 12.4. The zero-order valence-corrected chi connectivity index (χ0v) is 14.8. The van der Waals surface area contributed by atoms with Crippen molar-refractivity contribution in [3.8, 4) is 11.5 Å². The maximum Gasteiger partial charge on any atom is 0.265 e. The third kappa shape index (κ3) is 5.24. The van der Waals surface area contributed by atoms with Gasteiger partial charge < -0.3 is 20.1 Å². The minimum Gasteiger partial charge on any atom is -0.495 e. The molecule has 0 aliphatic heterocycles. The van der Waals surface area contributed by atoms with E-state index in [2.05, 4.69) is 10.6 Å². The Balaban J connectivity index is 2.00. The minimum absolute atomic E-state index is 0.145. The highest BCUT2D eigenvalue weighted by Gasteiger charge is 2.17. The molecule has 2 amide bonds. The van der Waals surface area contributed by atoms with Gasteiger partial charge in [0.1, 0.15) is 11.5 Å². The molecule has 25 heavy (non-hydrogen) atoms. The second-order valence-electron chi connectivity index (χ2n) is 5.66. The molecule has 0 fully saturated rings. The topological polar surface area (TPSA) is 76.7 Å². The standard InChI is InChI=1S/C19H22N2O4/c1-12-5-10-18(24-4)17(11-12)21-19(23)13(2)25-16-8-6-15(7-9-16)20-14(3)22/h5-11,13H,1-4H3,(H,20,22)(H,21,23). The molecule has 2 N–H and O–H groups in total. The summed E-state index contributed by atoms with van der Waals surface area (Å²) < 4.78 is 10.9. The molecule has 0 bridgehead atoms. The summed E-state index contributed by atoms with van der Waals surface area (Å²) in [5, 5.41) is 5.48. The molecule has 0 aromatic heterocycles. The molecular formula is C19H22N2O4. The van der Waals surface area contributed by atoms with Gasteiger partial charge >= 0.3 is 0 Å². The highest BCUT2D eigenvalue weighted by molar-refractivity contribution is 5.95. The normalized spacial score (nSPS) is 11.4. The van der Waals surface area contributed by atoms with E-state index in [1.165, 1.54) is 6.92 Å². The van der Waals surface area contributed by atoms with Gasteiger partial charge in [-0.25, -0.2) is 0 Å². The molecule has 0 spiro atoms. The summed E-state index contributed by atoms with van der Waals surface area (Å²) >= 11 is 0. The molecule has 2 aromatic carbocycles. The first kappa shape index (κ1) is 18.3. The Morgan fingerprint density at radius 1 is 1.04 bits per heavy atom. The first-order valence-electron chi connectivity index (χ1n) is 7.89.